The molecule has 0 amide bonds. The maximum absolute atomic E-state index is 2.58. The lowest BCUT2D eigenvalue weighted by atomic mass is 9.49. The molecule has 0 aromatic rings. The fraction of sp³-hybridized carbons (Fsp3) is 1.00. The average molecular weight is 252 g/mol. The van der Waals surface area contributed by atoms with Gasteiger partial charge in [0.05, 0.1) is 0 Å². The highest BCUT2D eigenvalue weighted by molar-refractivity contribution is 4.98. The van der Waals surface area contributed by atoms with Gasteiger partial charge < -0.3 is 0 Å². The van der Waals surface area contributed by atoms with Crippen molar-refractivity contribution in [3.63, 3.8) is 0 Å². The van der Waals surface area contributed by atoms with Gasteiger partial charge in [-0.25, -0.2) is 0 Å². The minimum Gasteiger partial charge on any atom is -0.0651 e. The van der Waals surface area contributed by atoms with E-state index in [0.717, 1.165) is 35.5 Å². The monoisotopic (exact) mass is 252 g/mol. The molecule has 0 aliphatic heterocycles. The van der Waals surface area contributed by atoms with Crippen molar-refractivity contribution in [3.05, 3.63) is 0 Å². The Labute approximate surface area is 116 Å². The molecule has 6 atom stereocenters. The van der Waals surface area contributed by atoms with Crippen LogP contribution in [0.5, 0.6) is 0 Å². The van der Waals surface area contributed by atoms with E-state index in [4.69, 9.17) is 0 Å². The van der Waals surface area contributed by atoms with Crippen LogP contribution >= 0.6 is 0 Å². The lowest BCUT2D eigenvalue weighted by molar-refractivity contribution is -0.0775. The predicted molar refractivity (Wildman–Crippen MR) is 82.6 cm³/mol. The lowest BCUT2D eigenvalue weighted by Gasteiger charge is -2.56. The van der Waals surface area contributed by atoms with Crippen LogP contribution in [0.25, 0.3) is 0 Å². The summed E-state index contributed by atoms with van der Waals surface area (Å²) >= 11 is 0. The van der Waals surface area contributed by atoms with E-state index in [2.05, 4.69) is 55.4 Å². The summed E-state index contributed by atoms with van der Waals surface area (Å²) in [5.74, 6) is 5.36. The van der Waals surface area contributed by atoms with Crippen LogP contribution < -0.4 is 0 Å². The molecule has 1 aliphatic rings. The van der Waals surface area contributed by atoms with E-state index in [1.165, 1.54) is 19.3 Å². The predicted octanol–water partition coefficient (Wildman–Crippen LogP) is 6.01. The summed E-state index contributed by atoms with van der Waals surface area (Å²) in [4.78, 5) is 0. The average Bonchev–Trinajstić information content (AvgIpc) is 2.33. The summed E-state index contributed by atoms with van der Waals surface area (Å²) in [7, 11) is 0. The Balaban J connectivity index is 2.80. The van der Waals surface area contributed by atoms with Gasteiger partial charge >= 0.3 is 0 Å². The van der Waals surface area contributed by atoms with Crippen molar-refractivity contribution in [2.75, 3.05) is 0 Å². The Hall–Kier alpha value is 0. The van der Waals surface area contributed by atoms with Crippen molar-refractivity contribution in [2.24, 2.45) is 40.9 Å². The molecule has 1 fully saturated rings. The van der Waals surface area contributed by atoms with E-state index >= 15 is 0 Å². The van der Waals surface area contributed by atoms with Crippen molar-refractivity contribution in [3.8, 4) is 0 Å². The first-order valence-electron chi connectivity index (χ1n) is 8.25. The van der Waals surface area contributed by atoms with Crippen LogP contribution in [0.3, 0.4) is 0 Å². The minimum atomic E-state index is 0.537. The molecule has 0 heterocycles. The molecule has 0 saturated heterocycles. The lowest BCUT2D eigenvalue weighted by Crippen LogP contribution is -2.50. The van der Waals surface area contributed by atoms with Gasteiger partial charge in [0.1, 0.15) is 0 Å². The second-order valence-electron chi connectivity index (χ2n) is 7.85. The van der Waals surface area contributed by atoms with Gasteiger partial charge in [0.2, 0.25) is 0 Å². The first kappa shape index (κ1) is 16.1. The van der Waals surface area contributed by atoms with Crippen LogP contribution in [-0.4, -0.2) is 0 Å². The highest BCUT2D eigenvalue weighted by Crippen LogP contribution is 2.57. The normalized spacial score (nSPS) is 34.8. The smallest absolute Gasteiger partial charge is 0.0246 e. The van der Waals surface area contributed by atoms with Crippen molar-refractivity contribution >= 4 is 0 Å². The van der Waals surface area contributed by atoms with Gasteiger partial charge in [-0.15, -0.1) is 0 Å². The highest BCUT2D eigenvalue weighted by Gasteiger charge is 2.50. The third-order valence-electron chi connectivity index (χ3n) is 6.72. The van der Waals surface area contributed by atoms with Gasteiger partial charge in [-0.05, 0) is 53.8 Å². The summed E-state index contributed by atoms with van der Waals surface area (Å²) in [5, 5.41) is 0. The molecule has 0 bridgehead atoms. The third-order valence-corrected chi connectivity index (χ3v) is 6.72. The standard InChI is InChI=1S/C18H36/c1-9-13(4)10-15(6)18(8,12(2)3)17-11-14(5)16(17)7/h12-17H,9-11H2,1-8H3. The van der Waals surface area contributed by atoms with Gasteiger partial charge in [0, 0.05) is 0 Å². The van der Waals surface area contributed by atoms with E-state index in [1.807, 2.05) is 0 Å². The molecule has 0 spiro atoms. The number of hydrogen-bond donors (Lipinski definition) is 0. The fourth-order valence-electron chi connectivity index (χ4n) is 4.24. The molecule has 18 heavy (non-hydrogen) atoms. The van der Waals surface area contributed by atoms with Crippen LogP contribution in [0.1, 0.15) is 74.7 Å². The number of rotatable bonds is 6. The minimum absolute atomic E-state index is 0.537. The Kier molecular flexibility index (Phi) is 5.32. The van der Waals surface area contributed by atoms with E-state index in [9.17, 15) is 0 Å². The molecule has 6 unspecified atom stereocenters. The molecule has 1 aliphatic carbocycles. The maximum Gasteiger partial charge on any atom is -0.0246 e. The van der Waals surface area contributed by atoms with Crippen molar-refractivity contribution in [2.45, 2.75) is 74.7 Å². The molecule has 0 heteroatoms. The first-order valence-corrected chi connectivity index (χ1v) is 8.25. The molecule has 0 N–H and O–H groups in total. The maximum atomic E-state index is 2.58. The zero-order valence-electron chi connectivity index (χ0n) is 14.1. The van der Waals surface area contributed by atoms with E-state index in [1.54, 1.807) is 0 Å². The quantitative estimate of drug-likeness (QED) is 0.543. The van der Waals surface area contributed by atoms with Crippen molar-refractivity contribution < 1.29 is 0 Å². The molecule has 0 aromatic heterocycles. The van der Waals surface area contributed by atoms with Gasteiger partial charge in [-0.1, -0.05) is 61.8 Å². The van der Waals surface area contributed by atoms with Crippen LogP contribution in [0, 0.1) is 40.9 Å². The third kappa shape index (κ3) is 2.78. The van der Waals surface area contributed by atoms with Gasteiger partial charge in [-0.3, -0.25) is 0 Å². The topological polar surface area (TPSA) is 0 Å². The molecule has 0 radical (unpaired) electrons. The summed E-state index contributed by atoms with van der Waals surface area (Å²) in [6, 6.07) is 0. The SMILES string of the molecule is CCC(C)CC(C)C(C)(C(C)C)C1CC(C)C1C. The van der Waals surface area contributed by atoms with Gasteiger partial charge in [0.15, 0.2) is 0 Å². The summed E-state index contributed by atoms with van der Waals surface area (Å²) in [6.45, 7) is 19.7. The summed E-state index contributed by atoms with van der Waals surface area (Å²) < 4.78 is 0. The van der Waals surface area contributed by atoms with Crippen LogP contribution in [-0.2, 0) is 0 Å². The molecule has 0 nitrogen and oxygen atoms in total. The largest absolute Gasteiger partial charge is 0.0651 e. The van der Waals surface area contributed by atoms with Crippen molar-refractivity contribution in [1.82, 2.24) is 0 Å². The molecular formula is C18H36. The molecule has 0 aromatic carbocycles. The fourth-order valence-corrected chi connectivity index (χ4v) is 4.24. The van der Waals surface area contributed by atoms with Gasteiger partial charge in [0.25, 0.3) is 0 Å². The Bertz CT molecular complexity index is 255. The van der Waals surface area contributed by atoms with Crippen LogP contribution in [0.15, 0.2) is 0 Å². The van der Waals surface area contributed by atoms with Gasteiger partial charge in [-0.2, -0.15) is 0 Å². The van der Waals surface area contributed by atoms with Crippen molar-refractivity contribution in [1.29, 1.82) is 0 Å². The Morgan fingerprint density at radius 3 is 2.00 bits per heavy atom. The second kappa shape index (κ2) is 5.97. The molecule has 1 rings (SSSR count). The zero-order valence-corrected chi connectivity index (χ0v) is 14.1. The second-order valence-corrected chi connectivity index (χ2v) is 7.85. The first-order chi connectivity index (χ1) is 8.25. The Morgan fingerprint density at radius 2 is 1.67 bits per heavy atom. The van der Waals surface area contributed by atoms with Crippen LogP contribution in [0.2, 0.25) is 0 Å². The molecule has 108 valence electrons. The molecule has 1 saturated carbocycles. The van der Waals surface area contributed by atoms with E-state index in [0.29, 0.717) is 5.41 Å². The van der Waals surface area contributed by atoms with E-state index < -0.39 is 0 Å². The van der Waals surface area contributed by atoms with Crippen LogP contribution in [0.4, 0.5) is 0 Å². The summed E-state index contributed by atoms with van der Waals surface area (Å²) in [5.41, 5.74) is 0.537. The molecular weight excluding hydrogens is 216 g/mol. The van der Waals surface area contributed by atoms with E-state index in [-0.39, 0.29) is 0 Å². The number of hydrogen-bond acceptors (Lipinski definition) is 0. The zero-order chi connectivity index (χ0) is 14.1. The summed E-state index contributed by atoms with van der Waals surface area (Å²) in [6.07, 6.45) is 4.19. The Morgan fingerprint density at radius 1 is 1.11 bits per heavy atom. The highest BCUT2D eigenvalue weighted by atomic mass is 14.5.